The summed E-state index contributed by atoms with van der Waals surface area (Å²) in [7, 11) is 0. The number of esters is 1. The lowest BCUT2D eigenvalue weighted by molar-refractivity contribution is -0.146. The normalized spacial score (nSPS) is 15.2. The lowest BCUT2D eigenvalue weighted by Crippen LogP contribution is -2.26. The molecule has 0 bridgehead atoms. The van der Waals surface area contributed by atoms with Crippen LogP contribution in [0.2, 0.25) is 0 Å². The van der Waals surface area contributed by atoms with E-state index in [0.717, 1.165) is 71.0 Å². The lowest BCUT2D eigenvalue weighted by atomic mass is 10.00. The minimum Gasteiger partial charge on any atom is -0.389 e. The van der Waals surface area contributed by atoms with Crippen LogP contribution in [0, 0.1) is 0 Å². The number of hydrogen-bond acceptors (Lipinski definition) is 8. The number of oxime groups is 1. The molecule has 3 N–H and O–H groups in total. The highest BCUT2D eigenvalue weighted by Gasteiger charge is 2.31. The van der Waals surface area contributed by atoms with Crippen molar-refractivity contribution in [3.63, 3.8) is 0 Å². The fourth-order valence-electron chi connectivity index (χ4n) is 6.84. The van der Waals surface area contributed by atoms with Gasteiger partial charge in [-0.25, -0.2) is 14.8 Å². The molecular weight excluding hydrogens is 691 g/mol. The van der Waals surface area contributed by atoms with Crippen LogP contribution in [0.25, 0.3) is 40.0 Å². The molecular formula is C44H41N7O4. The Bertz CT molecular complexity index is 2270. The number of carbonyl (C=O) groups excluding carboxylic acids is 2. The summed E-state index contributed by atoms with van der Waals surface area (Å²) >= 11 is 0. The van der Waals surface area contributed by atoms with Gasteiger partial charge in [0.1, 0.15) is 5.82 Å². The van der Waals surface area contributed by atoms with Crippen LogP contribution >= 0.6 is 0 Å². The molecule has 2 aromatic heterocycles. The van der Waals surface area contributed by atoms with Gasteiger partial charge < -0.3 is 29.8 Å². The number of carbonyl (C=O) groups is 2. The van der Waals surface area contributed by atoms with Gasteiger partial charge in [-0.2, -0.15) is 0 Å². The first kappa shape index (κ1) is 35.3. The van der Waals surface area contributed by atoms with Crippen molar-refractivity contribution < 1.29 is 19.2 Å². The van der Waals surface area contributed by atoms with Crippen LogP contribution in [-0.2, 0) is 20.8 Å². The number of benzene rings is 4. The van der Waals surface area contributed by atoms with Gasteiger partial charge in [0.2, 0.25) is 12.0 Å². The quantitative estimate of drug-likeness (QED) is 0.0632. The molecule has 0 saturated carbocycles. The molecule has 1 amide bonds. The van der Waals surface area contributed by atoms with E-state index < -0.39 is 12.1 Å². The molecule has 2 aliphatic heterocycles. The van der Waals surface area contributed by atoms with Crippen LogP contribution < -0.4 is 15.0 Å². The standard InChI is InChI=1S/C44H41N7O4/c52-39(45-24-6-9-30-7-2-1-3-8-30)23-12-31-10-13-33(14-11-31)40-41(49-42(48-40)35-19-21-36(22-20-35)51-27-4-5-28-51)34-17-15-32(16-18-34)37-29-38(55-50-37)43(53)54-44-46-25-26-47-44/h1-3,7-8,10-23,25-26,38H,4-6,9,24,27-29H2,(H,45,52)(H,46,47)(H,48,49). The second kappa shape index (κ2) is 16.5. The lowest BCUT2D eigenvalue weighted by Gasteiger charge is -2.17. The molecule has 0 aliphatic carbocycles. The number of imidazole rings is 2. The van der Waals surface area contributed by atoms with E-state index in [1.807, 2.05) is 72.8 Å². The van der Waals surface area contributed by atoms with E-state index in [0.29, 0.717) is 12.3 Å². The zero-order chi connectivity index (χ0) is 37.4. The Morgan fingerprint density at radius 2 is 1.60 bits per heavy atom. The predicted octanol–water partition coefficient (Wildman–Crippen LogP) is 7.59. The van der Waals surface area contributed by atoms with Crippen LogP contribution in [0.4, 0.5) is 5.69 Å². The maximum Gasteiger partial charge on any atom is 0.358 e. The summed E-state index contributed by atoms with van der Waals surface area (Å²) < 4.78 is 5.25. The van der Waals surface area contributed by atoms with Crippen molar-refractivity contribution in [1.29, 1.82) is 0 Å². The van der Waals surface area contributed by atoms with Gasteiger partial charge in [0, 0.05) is 66.9 Å². The molecule has 11 heteroatoms. The first-order chi connectivity index (χ1) is 27.1. The third kappa shape index (κ3) is 8.57. The summed E-state index contributed by atoms with van der Waals surface area (Å²) in [6.07, 6.45) is 10.2. The Kier molecular flexibility index (Phi) is 10.6. The minimum absolute atomic E-state index is 0.113. The third-order valence-electron chi connectivity index (χ3n) is 9.82. The molecule has 8 rings (SSSR count). The van der Waals surface area contributed by atoms with E-state index in [9.17, 15) is 9.59 Å². The summed E-state index contributed by atoms with van der Waals surface area (Å²) in [6.45, 7) is 2.79. The molecule has 276 valence electrons. The van der Waals surface area contributed by atoms with Gasteiger partial charge in [-0.15, -0.1) is 0 Å². The van der Waals surface area contributed by atoms with Gasteiger partial charge >= 0.3 is 12.0 Å². The fraction of sp³-hybridized carbons (Fsp3) is 0.205. The molecule has 11 nitrogen and oxygen atoms in total. The number of amides is 1. The first-order valence-electron chi connectivity index (χ1n) is 18.7. The van der Waals surface area contributed by atoms with E-state index in [-0.39, 0.29) is 18.3 Å². The molecule has 1 saturated heterocycles. The van der Waals surface area contributed by atoms with E-state index >= 15 is 0 Å². The van der Waals surface area contributed by atoms with Crippen LogP contribution in [0.3, 0.4) is 0 Å². The maximum atomic E-state index is 12.6. The molecule has 55 heavy (non-hydrogen) atoms. The molecule has 0 radical (unpaired) electrons. The number of aryl methyl sites for hydroxylation is 1. The maximum absolute atomic E-state index is 12.6. The molecule has 6 aromatic rings. The molecule has 1 fully saturated rings. The summed E-state index contributed by atoms with van der Waals surface area (Å²) in [6, 6.07) is 35.0. The van der Waals surface area contributed by atoms with Crippen molar-refractivity contribution in [3.8, 4) is 39.9 Å². The van der Waals surface area contributed by atoms with Crippen LogP contribution in [0.5, 0.6) is 6.01 Å². The average molecular weight is 732 g/mol. The third-order valence-corrected chi connectivity index (χ3v) is 9.82. The van der Waals surface area contributed by atoms with Crippen molar-refractivity contribution in [2.75, 3.05) is 24.5 Å². The number of hydrogen-bond donors (Lipinski definition) is 3. The van der Waals surface area contributed by atoms with E-state index in [4.69, 9.17) is 14.6 Å². The number of aromatic nitrogens is 4. The largest absolute Gasteiger partial charge is 0.389 e. The van der Waals surface area contributed by atoms with Crippen LogP contribution in [0.1, 0.15) is 42.4 Å². The SMILES string of the molecule is O=C(C=Cc1ccc(-c2[nH]c(-c3ccc(N4CCCC4)cc3)nc2-c2ccc(C3=NOC(C(=O)Oc4ncc[nH]4)C3)cc2)cc1)NCCCc1ccccc1. The Morgan fingerprint density at radius 1 is 0.873 bits per heavy atom. The van der Waals surface area contributed by atoms with Gasteiger partial charge in [-0.05, 0) is 72.7 Å². The Balaban J connectivity index is 0.980. The predicted molar refractivity (Wildman–Crippen MR) is 213 cm³/mol. The summed E-state index contributed by atoms with van der Waals surface area (Å²) in [5.74, 6) is 0.0875. The Labute approximate surface area is 319 Å². The smallest absolute Gasteiger partial charge is 0.358 e. The highest BCUT2D eigenvalue weighted by Crippen LogP contribution is 2.35. The van der Waals surface area contributed by atoms with Crippen molar-refractivity contribution >= 4 is 29.4 Å². The summed E-state index contributed by atoms with van der Waals surface area (Å²) in [5.41, 5.74) is 9.43. The average Bonchev–Trinajstić information content (AvgIpc) is 4.08. The van der Waals surface area contributed by atoms with Crippen molar-refractivity contribution in [3.05, 3.63) is 138 Å². The number of anilines is 1. The Morgan fingerprint density at radius 3 is 2.35 bits per heavy atom. The van der Waals surface area contributed by atoms with Gasteiger partial charge in [0.25, 0.3) is 0 Å². The number of ether oxygens (including phenoxy) is 1. The summed E-state index contributed by atoms with van der Waals surface area (Å²) in [4.78, 5) is 48.3. The van der Waals surface area contributed by atoms with Crippen molar-refractivity contribution in [2.45, 2.75) is 38.2 Å². The summed E-state index contributed by atoms with van der Waals surface area (Å²) in [5, 5.41) is 7.16. The molecule has 0 spiro atoms. The van der Waals surface area contributed by atoms with Gasteiger partial charge in [0.15, 0.2) is 0 Å². The van der Waals surface area contributed by atoms with Crippen molar-refractivity contribution in [2.24, 2.45) is 5.16 Å². The molecule has 1 atom stereocenters. The second-order valence-corrected chi connectivity index (χ2v) is 13.6. The second-order valence-electron chi connectivity index (χ2n) is 13.6. The van der Waals surface area contributed by atoms with Gasteiger partial charge in [-0.1, -0.05) is 84.0 Å². The highest BCUT2D eigenvalue weighted by atomic mass is 16.7. The zero-order valence-electron chi connectivity index (χ0n) is 30.3. The molecule has 4 heterocycles. The molecule has 4 aromatic carbocycles. The molecule has 1 unspecified atom stereocenters. The zero-order valence-corrected chi connectivity index (χ0v) is 30.3. The first-order valence-corrected chi connectivity index (χ1v) is 18.7. The number of nitrogens with one attached hydrogen (secondary N) is 3. The number of H-pyrrole nitrogens is 2. The highest BCUT2D eigenvalue weighted by molar-refractivity contribution is 6.04. The van der Waals surface area contributed by atoms with E-state index in [2.05, 4.69) is 66.7 Å². The van der Waals surface area contributed by atoms with Crippen molar-refractivity contribution in [1.82, 2.24) is 25.3 Å². The topological polar surface area (TPSA) is 138 Å². The number of nitrogens with zero attached hydrogens (tertiary/aromatic N) is 4. The van der Waals surface area contributed by atoms with Crippen LogP contribution in [-0.4, -0.2) is 63.3 Å². The van der Waals surface area contributed by atoms with Gasteiger partial charge in [0.05, 0.1) is 17.1 Å². The van der Waals surface area contributed by atoms with E-state index in [1.165, 1.54) is 30.3 Å². The monoisotopic (exact) mass is 731 g/mol. The Hall–Kier alpha value is -6.75. The van der Waals surface area contributed by atoms with E-state index in [1.54, 1.807) is 12.3 Å². The van der Waals surface area contributed by atoms with Gasteiger partial charge in [-0.3, -0.25) is 4.79 Å². The minimum atomic E-state index is -0.853. The number of aromatic amines is 2. The fourth-order valence-corrected chi connectivity index (χ4v) is 6.84. The number of rotatable bonds is 13. The molecule has 2 aliphatic rings. The van der Waals surface area contributed by atoms with Crippen LogP contribution in [0.15, 0.2) is 127 Å².